The van der Waals surface area contributed by atoms with Crippen LogP contribution in [0.15, 0.2) is 40.8 Å². The summed E-state index contributed by atoms with van der Waals surface area (Å²) in [6.07, 6.45) is 3.92. The number of hydrazone groups is 1. The van der Waals surface area contributed by atoms with Crippen LogP contribution in [0.1, 0.15) is 35.3 Å². The first-order valence-corrected chi connectivity index (χ1v) is 9.27. The number of amides is 2. The van der Waals surface area contributed by atoms with Crippen LogP contribution in [0.4, 0.5) is 5.69 Å². The molecule has 0 fully saturated rings. The molecule has 0 saturated carbocycles. The molecule has 0 saturated heterocycles. The van der Waals surface area contributed by atoms with Gasteiger partial charge in [-0.3, -0.25) is 9.59 Å². The molecule has 0 aliphatic carbocycles. The Morgan fingerprint density at radius 3 is 2.92 bits per heavy atom. The van der Waals surface area contributed by atoms with Crippen LogP contribution in [0.2, 0.25) is 0 Å². The van der Waals surface area contributed by atoms with E-state index in [0.29, 0.717) is 6.54 Å². The van der Waals surface area contributed by atoms with E-state index in [9.17, 15) is 9.59 Å². The van der Waals surface area contributed by atoms with Gasteiger partial charge in [-0.15, -0.1) is 11.3 Å². The van der Waals surface area contributed by atoms with Gasteiger partial charge in [0.15, 0.2) is 0 Å². The van der Waals surface area contributed by atoms with Gasteiger partial charge in [0.1, 0.15) is 0 Å². The van der Waals surface area contributed by atoms with Crippen LogP contribution >= 0.6 is 11.3 Å². The molecular weight excluding hydrogens is 334 g/mol. The van der Waals surface area contributed by atoms with Crippen LogP contribution in [0.25, 0.3) is 0 Å². The minimum absolute atomic E-state index is 0.0135. The number of benzene rings is 1. The molecule has 3 rings (SSSR count). The molecule has 2 aromatic rings. The first-order valence-electron chi connectivity index (χ1n) is 8.39. The van der Waals surface area contributed by atoms with E-state index < -0.39 is 0 Å². The number of anilines is 1. The molecule has 25 heavy (non-hydrogen) atoms. The van der Waals surface area contributed by atoms with Gasteiger partial charge in [-0.05, 0) is 48.4 Å². The first-order chi connectivity index (χ1) is 12.1. The Bertz CT molecular complexity index is 797. The van der Waals surface area contributed by atoms with Crippen molar-refractivity contribution in [2.45, 2.75) is 32.6 Å². The lowest BCUT2D eigenvalue weighted by molar-refractivity contribution is -0.125. The average Bonchev–Trinajstić information content (AvgIpc) is 3.04. The summed E-state index contributed by atoms with van der Waals surface area (Å²) in [4.78, 5) is 27.2. The van der Waals surface area contributed by atoms with Gasteiger partial charge in [0.2, 0.25) is 11.8 Å². The summed E-state index contributed by atoms with van der Waals surface area (Å²) in [5.41, 5.74) is 5.79. The highest BCUT2D eigenvalue weighted by atomic mass is 32.1. The zero-order valence-corrected chi connectivity index (χ0v) is 15.0. The van der Waals surface area contributed by atoms with E-state index in [0.717, 1.165) is 29.0 Å². The highest BCUT2D eigenvalue weighted by Gasteiger charge is 2.22. The summed E-state index contributed by atoms with van der Waals surface area (Å²) >= 11 is 1.57. The Labute approximate surface area is 151 Å². The molecule has 1 N–H and O–H groups in total. The van der Waals surface area contributed by atoms with Crippen molar-refractivity contribution in [3.63, 3.8) is 0 Å². The number of rotatable bonds is 5. The third-order valence-electron chi connectivity index (χ3n) is 4.25. The van der Waals surface area contributed by atoms with E-state index in [1.807, 2.05) is 36.6 Å². The number of hydrogen-bond donors (Lipinski definition) is 1. The summed E-state index contributed by atoms with van der Waals surface area (Å²) in [6.45, 7) is 2.71. The van der Waals surface area contributed by atoms with Gasteiger partial charge in [0.05, 0.1) is 6.21 Å². The Hall–Kier alpha value is -2.47. The van der Waals surface area contributed by atoms with Crippen LogP contribution in [0.3, 0.4) is 0 Å². The average molecular weight is 355 g/mol. The summed E-state index contributed by atoms with van der Waals surface area (Å²) in [5, 5.41) is 5.94. The third kappa shape index (κ3) is 4.33. The summed E-state index contributed by atoms with van der Waals surface area (Å²) in [7, 11) is 0. The normalized spacial score (nSPS) is 13.7. The zero-order chi connectivity index (χ0) is 17.6. The molecule has 1 aromatic carbocycles. The first kappa shape index (κ1) is 17.4. The number of carbonyl (C=O) groups excluding carboxylic acids is 2. The van der Waals surface area contributed by atoms with Gasteiger partial charge in [-0.25, -0.2) is 5.43 Å². The van der Waals surface area contributed by atoms with Gasteiger partial charge >= 0.3 is 0 Å². The van der Waals surface area contributed by atoms with Crippen molar-refractivity contribution < 1.29 is 9.59 Å². The van der Waals surface area contributed by atoms with Crippen molar-refractivity contribution in [2.24, 2.45) is 5.10 Å². The van der Waals surface area contributed by atoms with Crippen molar-refractivity contribution in [3.8, 4) is 0 Å². The maximum atomic E-state index is 12.5. The second-order valence-corrected chi connectivity index (χ2v) is 6.99. The predicted octanol–water partition coefficient (Wildman–Crippen LogP) is 3.27. The summed E-state index contributed by atoms with van der Waals surface area (Å²) in [5.74, 6) is -0.260. The maximum absolute atomic E-state index is 12.5. The topological polar surface area (TPSA) is 61.8 Å². The molecule has 2 amide bonds. The third-order valence-corrected chi connectivity index (χ3v) is 5.20. The SMILES string of the molecule is Cc1ccsc1C=NNC(=O)CCC(=O)N1CCCc2ccccc21. The molecule has 0 radical (unpaired) electrons. The molecule has 0 atom stereocenters. The van der Waals surface area contributed by atoms with E-state index in [-0.39, 0.29) is 24.7 Å². The number of fused-ring (bicyclic) bond motifs is 1. The lowest BCUT2D eigenvalue weighted by atomic mass is 10.0. The van der Waals surface area contributed by atoms with Crippen molar-refractivity contribution >= 4 is 35.1 Å². The number of nitrogens with zero attached hydrogens (tertiary/aromatic N) is 2. The van der Waals surface area contributed by atoms with Crippen molar-refractivity contribution in [1.29, 1.82) is 0 Å². The lowest BCUT2D eigenvalue weighted by Crippen LogP contribution is -2.36. The van der Waals surface area contributed by atoms with Crippen LogP contribution in [-0.4, -0.2) is 24.6 Å². The maximum Gasteiger partial charge on any atom is 0.240 e. The quantitative estimate of drug-likeness (QED) is 0.661. The Kier molecular flexibility index (Phi) is 5.60. The molecule has 0 unspecified atom stereocenters. The van der Waals surface area contributed by atoms with Crippen molar-refractivity contribution in [2.75, 3.05) is 11.4 Å². The van der Waals surface area contributed by atoms with Crippen molar-refractivity contribution in [1.82, 2.24) is 5.43 Å². The van der Waals surface area contributed by atoms with Gasteiger partial charge in [0.25, 0.3) is 0 Å². The fourth-order valence-corrected chi connectivity index (χ4v) is 3.67. The van der Waals surface area contributed by atoms with Gasteiger partial charge in [-0.2, -0.15) is 5.10 Å². The van der Waals surface area contributed by atoms with Crippen LogP contribution in [0.5, 0.6) is 0 Å². The molecule has 6 heteroatoms. The minimum Gasteiger partial charge on any atom is -0.312 e. The van der Waals surface area contributed by atoms with E-state index in [2.05, 4.69) is 16.6 Å². The highest BCUT2D eigenvalue weighted by Crippen LogP contribution is 2.27. The number of thiophene rings is 1. The summed E-state index contributed by atoms with van der Waals surface area (Å²) < 4.78 is 0. The van der Waals surface area contributed by atoms with Crippen LogP contribution in [0, 0.1) is 6.92 Å². The molecule has 5 nitrogen and oxygen atoms in total. The molecule has 2 heterocycles. The zero-order valence-electron chi connectivity index (χ0n) is 14.2. The Morgan fingerprint density at radius 1 is 1.28 bits per heavy atom. The van der Waals surface area contributed by atoms with E-state index >= 15 is 0 Å². The van der Waals surface area contributed by atoms with E-state index in [4.69, 9.17) is 0 Å². The second-order valence-electron chi connectivity index (χ2n) is 6.04. The van der Waals surface area contributed by atoms with Crippen LogP contribution in [-0.2, 0) is 16.0 Å². The standard InChI is InChI=1S/C19H21N3O2S/c1-14-10-12-25-17(14)13-20-21-18(23)8-9-19(24)22-11-4-6-15-5-2-3-7-16(15)22/h2-3,5,7,10,12-13H,4,6,8-9,11H2,1H3,(H,21,23). The number of aryl methyl sites for hydroxylation is 2. The van der Waals surface area contributed by atoms with E-state index in [1.165, 1.54) is 5.56 Å². The van der Waals surface area contributed by atoms with E-state index in [1.54, 1.807) is 22.5 Å². The fraction of sp³-hybridized carbons (Fsp3) is 0.316. The highest BCUT2D eigenvalue weighted by molar-refractivity contribution is 7.11. The lowest BCUT2D eigenvalue weighted by Gasteiger charge is -2.29. The number of hydrogen-bond acceptors (Lipinski definition) is 4. The summed E-state index contributed by atoms with van der Waals surface area (Å²) in [6, 6.07) is 9.97. The van der Waals surface area contributed by atoms with Gasteiger partial charge in [-0.1, -0.05) is 18.2 Å². The Balaban J connectivity index is 1.50. The second kappa shape index (κ2) is 8.07. The molecule has 1 aliphatic rings. The number of nitrogens with one attached hydrogen (secondary N) is 1. The molecule has 0 bridgehead atoms. The molecule has 1 aliphatic heterocycles. The fourth-order valence-electron chi connectivity index (χ4n) is 2.88. The van der Waals surface area contributed by atoms with Gasteiger partial charge < -0.3 is 4.90 Å². The smallest absolute Gasteiger partial charge is 0.240 e. The molecule has 130 valence electrons. The Morgan fingerprint density at radius 2 is 2.12 bits per heavy atom. The largest absolute Gasteiger partial charge is 0.312 e. The van der Waals surface area contributed by atoms with Crippen LogP contribution < -0.4 is 10.3 Å². The predicted molar refractivity (Wildman–Crippen MR) is 101 cm³/mol. The minimum atomic E-state index is -0.246. The number of carbonyl (C=O) groups is 2. The van der Waals surface area contributed by atoms with Gasteiger partial charge in [0, 0.05) is 30.0 Å². The molecule has 0 spiro atoms. The molecule has 1 aromatic heterocycles. The monoisotopic (exact) mass is 355 g/mol. The van der Waals surface area contributed by atoms with Crippen molar-refractivity contribution in [3.05, 3.63) is 51.7 Å². The number of para-hydroxylation sites is 1. The molecular formula is C19H21N3O2S.